The molecule has 1 amide bonds. The minimum Gasteiger partial charge on any atom is -0.457 e. The van der Waals surface area contributed by atoms with Crippen molar-refractivity contribution in [2.24, 2.45) is 5.73 Å². The van der Waals surface area contributed by atoms with E-state index < -0.39 is 5.91 Å². The molecule has 0 atom stereocenters. The third kappa shape index (κ3) is 3.37. The first kappa shape index (κ1) is 14.8. The molecule has 0 saturated carbocycles. The molecule has 0 fully saturated rings. The molecule has 3 aromatic rings. The van der Waals surface area contributed by atoms with Crippen LogP contribution >= 0.6 is 0 Å². The number of carbonyl (C=O) groups is 1. The second-order valence-electron chi connectivity index (χ2n) is 5.15. The number of nitrogens with two attached hydrogens (primary N) is 1. The molecule has 0 aliphatic carbocycles. The Labute approximate surface area is 134 Å². The fourth-order valence-electron chi connectivity index (χ4n) is 2.28. The van der Waals surface area contributed by atoms with Gasteiger partial charge < -0.3 is 10.5 Å². The van der Waals surface area contributed by atoms with Crippen LogP contribution in [0.2, 0.25) is 0 Å². The highest BCUT2D eigenvalue weighted by Crippen LogP contribution is 2.26. The normalized spacial score (nSPS) is 10.3. The Morgan fingerprint density at radius 2 is 1.57 bits per heavy atom. The number of para-hydroxylation sites is 1. The van der Waals surface area contributed by atoms with Crippen LogP contribution in [0.3, 0.4) is 0 Å². The lowest BCUT2D eigenvalue weighted by atomic mass is 10.0. The number of rotatable bonds is 4. The average molecular weight is 304 g/mol. The molecule has 1 aromatic heterocycles. The summed E-state index contributed by atoms with van der Waals surface area (Å²) in [6, 6.07) is 20.4. The van der Waals surface area contributed by atoms with Gasteiger partial charge in [-0.3, -0.25) is 9.78 Å². The number of carbonyl (C=O) groups excluding carboxylic acids is 1. The van der Waals surface area contributed by atoms with E-state index in [-0.39, 0.29) is 0 Å². The highest BCUT2D eigenvalue weighted by molar-refractivity contribution is 5.98. The van der Waals surface area contributed by atoms with Crippen molar-refractivity contribution in [3.63, 3.8) is 0 Å². The molecule has 114 valence electrons. The highest BCUT2D eigenvalue weighted by Gasteiger charge is 2.12. The van der Waals surface area contributed by atoms with Crippen molar-refractivity contribution in [2.75, 3.05) is 0 Å². The van der Waals surface area contributed by atoms with Gasteiger partial charge in [0.1, 0.15) is 11.5 Å². The Morgan fingerprint density at radius 1 is 0.913 bits per heavy atom. The zero-order chi connectivity index (χ0) is 16.2. The van der Waals surface area contributed by atoms with Crippen LogP contribution in [0.4, 0.5) is 0 Å². The van der Waals surface area contributed by atoms with Gasteiger partial charge >= 0.3 is 0 Å². The van der Waals surface area contributed by atoms with E-state index in [0.717, 1.165) is 17.0 Å². The molecule has 23 heavy (non-hydrogen) atoms. The maximum atomic E-state index is 11.6. The minimum atomic E-state index is -0.489. The Bertz CT molecular complexity index is 828. The van der Waals surface area contributed by atoms with Crippen molar-refractivity contribution in [1.82, 2.24) is 4.98 Å². The van der Waals surface area contributed by atoms with Crippen molar-refractivity contribution in [2.45, 2.75) is 6.92 Å². The molecule has 0 unspecified atom stereocenters. The van der Waals surface area contributed by atoms with Gasteiger partial charge in [-0.25, -0.2) is 0 Å². The number of hydrogen-bond donors (Lipinski definition) is 1. The number of benzene rings is 2. The molecule has 4 nitrogen and oxygen atoms in total. The van der Waals surface area contributed by atoms with Gasteiger partial charge in [0.15, 0.2) is 0 Å². The maximum Gasteiger partial charge on any atom is 0.250 e. The van der Waals surface area contributed by atoms with Gasteiger partial charge in [-0.05, 0) is 55.5 Å². The van der Waals surface area contributed by atoms with Crippen LogP contribution < -0.4 is 10.5 Å². The first-order valence-electron chi connectivity index (χ1n) is 7.24. The molecule has 0 aliphatic heterocycles. The number of amides is 1. The SMILES string of the molecule is Cc1ccc(C(N)=O)c(-c2ccc(Oc3ccccc3)cc2)n1. The predicted octanol–water partition coefficient (Wildman–Crippen LogP) is 3.95. The average Bonchev–Trinajstić information content (AvgIpc) is 2.56. The number of pyridine rings is 1. The Balaban J connectivity index is 1.91. The van der Waals surface area contributed by atoms with E-state index in [1.54, 1.807) is 12.1 Å². The summed E-state index contributed by atoms with van der Waals surface area (Å²) in [5, 5.41) is 0. The van der Waals surface area contributed by atoms with E-state index in [2.05, 4.69) is 4.98 Å². The summed E-state index contributed by atoms with van der Waals surface area (Å²) < 4.78 is 5.76. The van der Waals surface area contributed by atoms with Gasteiger partial charge in [0.2, 0.25) is 0 Å². The van der Waals surface area contributed by atoms with Crippen LogP contribution in [0, 0.1) is 6.92 Å². The quantitative estimate of drug-likeness (QED) is 0.793. The van der Waals surface area contributed by atoms with E-state index >= 15 is 0 Å². The molecule has 2 aromatic carbocycles. The van der Waals surface area contributed by atoms with E-state index in [0.29, 0.717) is 17.0 Å². The van der Waals surface area contributed by atoms with Crippen LogP contribution in [0.15, 0.2) is 66.7 Å². The summed E-state index contributed by atoms with van der Waals surface area (Å²) in [6.45, 7) is 1.88. The number of ether oxygens (including phenoxy) is 1. The zero-order valence-electron chi connectivity index (χ0n) is 12.7. The third-order valence-corrected chi connectivity index (χ3v) is 3.41. The molecule has 0 bridgehead atoms. The third-order valence-electron chi connectivity index (χ3n) is 3.41. The zero-order valence-corrected chi connectivity index (χ0v) is 12.7. The molecule has 0 saturated heterocycles. The monoisotopic (exact) mass is 304 g/mol. The van der Waals surface area contributed by atoms with Gasteiger partial charge in [0.05, 0.1) is 11.3 Å². The van der Waals surface area contributed by atoms with Gasteiger partial charge in [-0.2, -0.15) is 0 Å². The molecule has 4 heteroatoms. The molecule has 0 radical (unpaired) electrons. The first-order chi connectivity index (χ1) is 11.1. The van der Waals surface area contributed by atoms with E-state index in [9.17, 15) is 4.79 Å². The number of hydrogen-bond acceptors (Lipinski definition) is 3. The first-order valence-corrected chi connectivity index (χ1v) is 7.24. The standard InChI is InChI=1S/C19H16N2O2/c1-13-7-12-17(19(20)22)18(21-13)14-8-10-16(11-9-14)23-15-5-3-2-4-6-15/h2-12H,1H3,(H2,20,22). The lowest BCUT2D eigenvalue weighted by Gasteiger charge is -2.09. The van der Waals surface area contributed by atoms with E-state index in [1.807, 2.05) is 61.5 Å². The number of nitrogens with zero attached hydrogens (tertiary/aromatic N) is 1. The van der Waals surface area contributed by atoms with Crippen molar-refractivity contribution in [3.05, 3.63) is 78.0 Å². The van der Waals surface area contributed by atoms with Crippen molar-refractivity contribution in [1.29, 1.82) is 0 Å². The van der Waals surface area contributed by atoms with Crippen LogP contribution in [0.5, 0.6) is 11.5 Å². The lowest BCUT2D eigenvalue weighted by molar-refractivity contribution is 0.100. The van der Waals surface area contributed by atoms with Crippen molar-refractivity contribution in [3.8, 4) is 22.8 Å². The summed E-state index contributed by atoms with van der Waals surface area (Å²) in [7, 11) is 0. The second-order valence-corrected chi connectivity index (χ2v) is 5.15. The molecular formula is C19H16N2O2. The fourth-order valence-corrected chi connectivity index (χ4v) is 2.28. The summed E-state index contributed by atoms with van der Waals surface area (Å²) in [6.07, 6.45) is 0. The number of aryl methyl sites for hydroxylation is 1. The topological polar surface area (TPSA) is 65.2 Å². The van der Waals surface area contributed by atoms with Crippen molar-refractivity contribution < 1.29 is 9.53 Å². The summed E-state index contributed by atoms with van der Waals surface area (Å²) in [4.78, 5) is 16.0. The fraction of sp³-hybridized carbons (Fsp3) is 0.0526. The van der Waals surface area contributed by atoms with Gasteiger partial charge in [-0.15, -0.1) is 0 Å². The molecule has 0 aliphatic rings. The lowest BCUT2D eigenvalue weighted by Crippen LogP contribution is -2.13. The van der Waals surface area contributed by atoms with Crippen LogP contribution in [0.1, 0.15) is 16.1 Å². The van der Waals surface area contributed by atoms with Gasteiger partial charge in [-0.1, -0.05) is 18.2 Å². The Kier molecular flexibility index (Phi) is 4.06. The van der Waals surface area contributed by atoms with E-state index in [4.69, 9.17) is 10.5 Å². The number of primary amides is 1. The smallest absolute Gasteiger partial charge is 0.250 e. The minimum absolute atomic E-state index is 0.410. The van der Waals surface area contributed by atoms with E-state index in [1.165, 1.54) is 0 Å². The molecular weight excluding hydrogens is 288 g/mol. The highest BCUT2D eigenvalue weighted by atomic mass is 16.5. The van der Waals surface area contributed by atoms with Gasteiger partial charge in [0.25, 0.3) is 5.91 Å². The largest absolute Gasteiger partial charge is 0.457 e. The summed E-state index contributed by atoms with van der Waals surface area (Å²) in [5.74, 6) is 0.997. The maximum absolute atomic E-state index is 11.6. The molecule has 2 N–H and O–H groups in total. The molecule has 0 spiro atoms. The summed E-state index contributed by atoms with van der Waals surface area (Å²) in [5.41, 5.74) is 8.08. The van der Waals surface area contributed by atoms with Crippen LogP contribution in [-0.4, -0.2) is 10.9 Å². The number of aromatic nitrogens is 1. The van der Waals surface area contributed by atoms with Crippen LogP contribution in [-0.2, 0) is 0 Å². The predicted molar refractivity (Wildman–Crippen MR) is 89.4 cm³/mol. The summed E-state index contributed by atoms with van der Waals surface area (Å²) >= 11 is 0. The Morgan fingerprint density at radius 3 is 2.22 bits per heavy atom. The Hall–Kier alpha value is -3.14. The molecule has 1 heterocycles. The van der Waals surface area contributed by atoms with Gasteiger partial charge in [0, 0.05) is 11.3 Å². The second kappa shape index (κ2) is 6.32. The van der Waals surface area contributed by atoms with Crippen LogP contribution in [0.25, 0.3) is 11.3 Å². The molecule has 3 rings (SSSR count). The van der Waals surface area contributed by atoms with Crippen molar-refractivity contribution >= 4 is 5.91 Å².